The molecule has 0 bridgehead atoms. The van der Waals surface area contributed by atoms with Gasteiger partial charge in [0.2, 0.25) is 5.52 Å². The average molecular weight is 447 g/mol. The Morgan fingerprint density at radius 3 is 2.59 bits per heavy atom. The van der Waals surface area contributed by atoms with E-state index in [1.54, 1.807) is 0 Å². The van der Waals surface area contributed by atoms with Crippen molar-refractivity contribution in [2.24, 2.45) is 12.5 Å². The molecule has 1 aliphatic rings. The fourth-order valence-corrected chi connectivity index (χ4v) is 6.71. The van der Waals surface area contributed by atoms with Crippen molar-refractivity contribution in [2.75, 3.05) is 0 Å². The molecular formula is C31H32N3+. The molecule has 0 atom stereocenters. The Bertz CT molecular complexity index is 1760. The highest BCUT2D eigenvalue weighted by molar-refractivity contribution is 6.25. The highest BCUT2D eigenvalue weighted by Gasteiger charge is 2.30. The molecule has 1 fully saturated rings. The van der Waals surface area contributed by atoms with E-state index in [2.05, 4.69) is 86.3 Å². The Labute approximate surface area is 200 Å². The van der Waals surface area contributed by atoms with Crippen molar-refractivity contribution >= 4 is 49.1 Å². The Morgan fingerprint density at radius 2 is 1.79 bits per heavy atom. The summed E-state index contributed by atoms with van der Waals surface area (Å²) >= 11 is 0. The van der Waals surface area contributed by atoms with E-state index >= 15 is 0 Å². The molecule has 0 unspecified atom stereocenters. The zero-order valence-electron chi connectivity index (χ0n) is 20.9. The summed E-state index contributed by atoms with van der Waals surface area (Å²) in [4.78, 5) is 4.87. The van der Waals surface area contributed by atoms with Crippen LogP contribution in [-0.4, -0.2) is 9.38 Å². The lowest BCUT2D eigenvalue weighted by Gasteiger charge is -2.34. The number of rotatable bonds is 1. The van der Waals surface area contributed by atoms with Gasteiger partial charge in [0.1, 0.15) is 7.05 Å². The number of benzene rings is 2. The second kappa shape index (κ2) is 6.69. The van der Waals surface area contributed by atoms with Crippen LogP contribution < -0.4 is 4.57 Å². The second-order valence-electron chi connectivity index (χ2n) is 11.5. The summed E-state index contributed by atoms with van der Waals surface area (Å²) in [5.41, 5.74) is 11.0. The predicted molar refractivity (Wildman–Crippen MR) is 142 cm³/mol. The van der Waals surface area contributed by atoms with Gasteiger partial charge in [-0.2, -0.15) is 0 Å². The molecule has 170 valence electrons. The van der Waals surface area contributed by atoms with Crippen molar-refractivity contribution in [1.29, 1.82) is 0 Å². The minimum absolute atomic E-state index is 0.478. The van der Waals surface area contributed by atoms with Crippen LogP contribution in [-0.2, 0) is 7.05 Å². The molecule has 3 heteroatoms. The average Bonchev–Trinajstić information content (AvgIpc) is 3.14. The zero-order chi connectivity index (χ0) is 23.4. The van der Waals surface area contributed by atoms with E-state index in [-0.39, 0.29) is 0 Å². The molecular weight excluding hydrogens is 414 g/mol. The van der Waals surface area contributed by atoms with E-state index in [0.29, 0.717) is 11.3 Å². The van der Waals surface area contributed by atoms with Gasteiger partial charge in [-0.05, 0) is 97.2 Å². The van der Waals surface area contributed by atoms with Crippen LogP contribution in [0.4, 0.5) is 0 Å². The van der Waals surface area contributed by atoms with Crippen LogP contribution in [0.25, 0.3) is 49.1 Å². The van der Waals surface area contributed by atoms with E-state index in [4.69, 9.17) is 4.98 Å². The third-order valence-corrected chi connectivity index (χ3v) is 8.85. The van der Waals surface area contributed by atoms with Gasteiger partial charge in [0.15, 0.2) is 6.20 Å². The third kappa shape index (κ3) is 2.58. The summed E-state index contributed by atoms with van der Waals surface area (Å²) in [5.74, 6) is 0.641. The Balaban J connectivity index is 1.69. The smallest absolute Gasteiger partial charge is 0.224 e. The van der Waals surface area contributed by atoms with Crippen molar-refractivity contribution in [1.82, 2.24) is 9.38 Å². The molecule has 34 heavy (non-hydrogen) atoms. The van der Waals surface area contributed by atoms with Crippen LogP contribution in [0.2, 0.25) is 0 Å². The summed E-state index contributed by atoms with van der Waals surface area (Å²) in [5, 5.41) is 5.35. The van der Waals surface area contributed by atoms with E-state index in [1.165, 1.54) is 86.0 Å². The fraction of sp³-hybridized carbons (Fsp3) is 0.355. The molecule has 6 aromatic rings. The van der Waals surface area contributed by atoms with Gasteiger partial charge in [-0.3, -0.25) is 4.98 Å². The number of aromatic nitrogens is 3. The number of aryl methyl sites for hydroxylation is 3. The van der Waals surface area contributed by atoms with Gasteiger partial charge in [-0.1, -0.05) is 19.9 Å². The summed E-state index contributed by atoms with van der Waals surface area (Å²) in [6, 6.07) is 14.0. The lowest BCUT2D eigenvalue weighted by atomic mass is 9.71. The van der Waals surface area contributed by atoms with Crippen LogP contribution in [0.15, 0.2) is 48.8 Å². The highest BCUT2D eigenvalue weighted by Crippen LogP contribution is 2.45. The van der Waals surface area contributed by atoms with E-state index in [0.717, 1.165) is 5.52 Å². The van der Waals surface area contributed by atoms with Crippen LogP contribution in [0, 0.1) is 19.3 Å². The molecule has 4 aromatic heterocycles. The molecule has 3 nitrogen and oxygen atoms in total. The largest absolute Gasteiger partial charge is 0.306 e. The van der Waals surface area contributed by atoms with Gasteiger partial charge < -0.3 is 4.40 Å². The number of hydrogen-bond acceptors (Lipinski definition) is 1. The predicted octanol–water partition coefficient (Wildman–Crippen LogP) is 7.51. The summed E-state index contributed by atoms with van der Waals surface area (Å²) in [6.45, 7) is 9.37. The summed E-state index contributed by atoms with van der Waals surface area (Å²) in [6.07, 6.45) is 9.36. The summed E-state index contributed by atoms with van der Waals surface area (Å²) < 4.78 is 4.84. The Hall–Kier alpha value is -3.20. The first kappa shape index (κ1) is 20.2. The first-order chi connectivity index (χ1) is 16.3. The lowest BCUT2D eigenvalue weighted by molar-refractivity contribution is -0.643. The second-order valence-corrected chi connectivity index (χ2v) is 11.5. The van der Waals surface area contributed by atoms with Gasteiger partial charge in [0.25, 0.3) is 0 Å². The molecule has 0 amide bonds. The third-order valence-electron chi connectivity index (χ3n) is 8.85. The summed E-state index contributed by atoms with van der Waals surface area (Å²) in [7, 11) is 2.19. The maximum Gasteiger partial charge on any atom is 0.224 e. The Morgan fingerprint density at radius 1 is 1.00 bits per heavy atom. The van der Waals surface area contributed by atoms with Gasteiger partial charge >= 0.3 is 0 Å². The Kier molecular flexibility index (Phi) is 3.97. The number of hydrogen-bond donors (Lipinski definition) is 0. The number of pyridine rings is 3. The van der Waals surface area contributed by atoms with Gasteiger partial charge in [-0.25, -0.2) is 4.57 Å². The van der Waals surface area contributed by atoms with Gasteiger partial charge in [0, 0.05) is 17.6 Å². The molecule has 4 heterocycles. The molecule has 1 saturated carbocycles. The number of fused-ring (bicyclic) bond motifs is 5. The quantitative estimate of drug-likeness (QED) is 0.145. The maximum absolute atomic E-state index is 4.87. The zero-order valence-corrected chi connectivity index (χ0v) is 20.9. The highest BCUT2D eigenvalue weighted by atomic mass is 15.0. The standard InChI is InChI=1S/C31H32N3/c1-18-15-23-28-24(7-6-13-32-28)34-25-17-22(20-8-11-31(3,4)12-9-20)16-21-10-14-33(5)30(27(21)25)26(19(18)2)29(23)34/h6-7,10,13-17,20H,8-9,11-12H2,1-5H3/q+1. The number of nitrogens with zero attached hydrogens (tertiary/aromatic N) is 3. The SMILES string of the molecule is Cc1cc2c3ncccc3n3c4cc(C5CCC(C)(C)CC5)cc5cc[n+](C)c(c(c1C)c23)c54. The normalized spacial score (nSPS) is 17.2. The minimum Gasteiger partial charge on any atom is -0.306 e. The van der Waals surface area contributed by atoms with Crippen molar-refractivity contribution in [2.45, 2.75) is 59.3 Å². The molecule has 1 aliphatic carbocycles. The van der Waals surface area contributed by atoms with Crippen LogP contribution in [0.1, 0.15) is 62.1 Å². The van der Waals surface area contributed by atoms with Crippen molar-refractivity contribution in [3.05, 3.63) is 65.5 Å². The van der Waals surface area contributed by atoms with Crippen molar-refractivity contribution < 1.29 is 4.57 Å². The van der Waals surface area contributed by atoms with E-state index < -0.39 is 0 Å². The van der Waals surface area contributed by atoms with E-state index in [1.807, 2.05) is 6.20 Å². The van der Waals surface area contributed by atoms with Crippen LogP contribution >= 0.6 is 0 Å². The van der Waals surface area contributed by atoms with Crippen LogP contribution in [0.3, 0.4) is 0 Å². The topological polar surface area (TPSA) is 21.2 Å². The molecule has 0 aliphatic heterocycles. The minimum atomic E-state index is 0.478. The molecule has 0 N–H and O–H groups in total. The molecule has 0 radical (unpaired) electrons. The van der Waals surface area contributed by atoms with Crippen LogP contribution in [0.5, 0.6) is 0 Å². The first-order valence-corrected chi connectivity index (χ1v) is 12.7. The van der Waals surface area contributed by atoms with Crippen molar-refractivity contribution in [3.63, 3.8) is 0 Å². The van der Waals surface area contributed by atoms with Crippen molar-refractivity contribution in [3.8, 4) is 0 Å². The first-order valence-electron chi connectivity index (χ1n) is 12.7. The fourth-order valence-electron chi connectivity index (χ4n) is 6.71. The van der Waals surface area contributed by atoms with E-state index in [9.17, 15) is 0 Å². The molecule has 2 aromatic carbocycles. The monoisotopic (exact) mass is 446 g/mol. The molecule has 7 rings (SSSR count). The lowest BCUT2D eigenvalue weighted by Crippen LogP contribution is -2.29. The molecule has 0 spiro atoms. The molecule has 0 saturated heterocycles. The maximum atomic E-state index is 4.87. The van der Waals surface area contributed by atoms with Gasteiger partial charge in [-0.15, -0.1) is 0 Å². The van der Waals surface area contributed by atoms with Gasteiger partial charge in [0.05, 0.1) is 32.8 Å².